The lowest BCUT2D eigenvalue weighted by molar-refractivity contribution is -0.174. The summed E-state index contributed by atoms with van der Waals surface area (Å²) in [7, 11) is 0. The molecule has 0 spiro atoms. The number of halogens is 4. The van der Waals surface area contributed by atoms with Crippen LogP contribution < -0.4 is 5.32 Å². The minimum Gasteiger partial charge on any atom is -0.344 e. The summed E-state index contributed by atoms with van der Waals surface area (Å²) >= 11 is 1.96. The highest BCUT2D eigenvalue weighted by molar-refractivity contribution is 14.1. The lowest BCUT2D eigenvalue weighted by atomic mass is 10.1. The smallest absolute Gasteiger partial charge is 0.344 e. The largest absolute Gasteiger partial charge is 0.471 e. The first-order valence-electron chi connectivity index (χ1n) is 4.91. The minimum absolute atomic E-state index is 0.394. The standard InChI is InChI=1S/C11H11F3INO/c12-11(13,14)10(17)16-9(7-15)6-8-4-2-1-3-5-8/h1-5,9H,6-7H2,(H,16,17)/t9-/m0/s1. The average molecular weight is 357 g/mol. The molecule has 0 bridgehead atoms. The van der Waals surface area contributed by atoms with Crippen LogP contribution in [0.4, 0.5) is 13.2 Å². The van der Waals surface area contributed by atoms with Gasteiger partial charge in [0.25, 0.3) is 0 Å². The van der Waals surface area contributed by atoms with Crippen molar-refractivity contribution < 1.29 is 18.0 Å². The summed E-state index contributed by atoms with van der Waals surface area (Å²) in [6, 6.07) is 8.58. The van der Waals surface area contributed by atoms with Crippen molar-refractivity contribution in [3.8, 4) is 0 Å². The van der Waals surface area contributed by atoms with Crippen molar-refractivity contribution in [2.45, 2.75) is 18.6 Å². The highest BCUT2D eigenvalue weighted by atomic mass is 127. The summed E-state index contributed by atoms with van der Waals surface area (Å²) in [5.74, 6) is -1.88. The Hall–Kier alpha value is -0.790. The molecule has 6 heteroatoms. The van der Waals surface area contributed by atoms with Crippen LogP contribution in [0.3, 0.4) is 0 Å². The van der Waals surface area contributed by atoms with Crippen LogP contribution in [0.1, 0.15) is 5.56 Å². The molecule has 0 heterocycles. The molecule has 0 saturated carbocycles. The van der Waals surface area contributed by atoms with Crippen LogP contribution in [0.5, 0.6) is 0 Å². The summed E-state index contributed by atoms with van der Waals surface area (Å²) in [6.07, 6.45) is -4.42. The van der Waals surface area contributed by atoms with Gasteiger partial charge >= 0.3 is 12.1 Å². The van der Waals surface area contributed by atoms with Gasteiger partial charge in [0.05, 0.1) is 0 Å². The number of alkyl halides is 4. The van der Waals surface area contributed by atoms with Crippen LogP contribution in [0, 0.1) is 0 Å². The third kappa shape index (κ3) is 4.93. The van der Waals surface area contributed by atoms with Gasteiger partial charge in [-0.05, 0) is 12.0 Å². The topological polar surface area (TPSA) is 29.1 Å². The molecule has 0 saturated heterocycles. The molecule has 1 amide bonds. The summed E-state index contributed by atoms with van der Waals surface area (Å²) in [6.45, 7) is 0. The molecular weight excluding hydrogens is 346 g/mol. The van der Waals surface area contributed by atoms with Crippen molar-refractivity contribution in [2.24, 2.45) is 0 Å². The molecule has 1 atom stereocenters. The second-order valence-electron chi connectivity index (χ2n) is 3.51. The van der Waals surface area contributed by atoms with E-state index in [9.17, 15) is 18.0 Å². The van der Waals surface area contributed by atoms with E-state index in [2.05, 4.69) is 0 Å². The van der Waals surface area contributed by atoms with Gasteiger partial charge < -0.3 is 5.32 Å². The van der Waals surface area contributed by atoms with Crippen LogP contribution in [0.15, 0.2) is 30.3 Å². The Morgan fingerprint density at radius 1 is 1.29 bits per heavy atom. The molecule has 17 heavy (non-hydrogen) atoms. The van der Waals surface area contributed by atoms with E-state index in [1.165, 1.54) is 0 Å². The first-order valence-corrected chi connectivity index (χ1v) is 6.43. The van der Waals surface area contributed by atoms with E-state index in [1.54, 1.807) is 0 Å². The highest BCUT2D eigenvalue weighted by Crippen LogP contribution is 2.15. The first kappa shape index (κ1) is 14.3. The SMILES string of the molecule is O=C(N[C@H](CI)Cc1ccccc1)C(F)(F)F. The number of carbonyl (C=O) groups excluding carboxylic acids is 1. The Morgan fingerprint density at radius 2 is 1.88 bits per heavy atom. The fourth-order valence-electron chi connectivity index (χ4n) is 1.31. The molecule has 0 aliphatic rings. The van der Waals surface area contributed by atoms with E-state index in [1.807, 2.05) is 58.2 Å². The van der Waals surface area contributed by atoms with E-state index in [0.29, 0.717) is 10.8 Å². The average Bonchev–Trinajstić information content (AvgIpc) is 2.28. The molecule has 1 aromatic rings. The Morgan fingerprint density at radius 3 is 2.35 bits per heavy atom. The van der Waals surface area contributed by atoms with E-state index >= 15 is 0 Å². The fourth-order valence-corrected chi connectivity index (χ4v) is 1.84. The maximum Gasteiger partial charge on any atom is 0.471 e. The first-order chi connectivity index (χ1) is 7.93. The number of amides is 1. The van der Waals surface area contributed by atoms with Gasteiger partial charge in [-0.15, -0.1) is 0 Å². The second-order valence-corrected chi connectivity index (χ2v) is 4.39. The molecule has 0 aromatic heterocycles. The molecular formula is C11H11F3INO. The molecule has 94 valence electrons. The number of hydrogen-bond acceptors (Lipinski definition) is 1. The molecule has 1 N–H and O–H groups in total. The van der Waals surface area contributed by atoms with Crippen molar-refractivity contribution in [2.75, 3.05) is 4.43 Å². The van der Waals surface area contributed by atoms with Crippen molar-refractivity contribution in [1.82, 2.24) is 5.32 Å². The quantitative estimate of drug-likeness (QED) is 0.652. The maximum atomic E-state index is 12.1. The highest BCUT2D eigenvalue weighted by Gasteiger charge is 2.39. The number of carbonyl (C=O) groups is 1. The summed E-state index contributed by atoms with van der Waals surface area (Å²) in [5.41, 5.74) is 0.900. The molecule has 0 unspecified atom stereocenters. The van der Waals surface area contributed by atoms with Crippen LogP contribution in [-0.2, 0) is 11.2 Å². The van der Waals surface area contributed by atoms with Crippen molar-refractivity contribution in [3.63, 3.8) is 0 Å². The van der Waals surface area contributed by atoms with Gasteiger partial charge in [0.2, 0.25) is 0 Å². The zero-order valence-electron chi connectivity index (χ0n) is 8.80. The van der Waals surface area contributed by atoms with Crippen LogP contribution in [-0.4, -0.2) is 22.6 Å². The van der Waals surface area contributed by atoms with Gasteiger partial charge in [0.15, 0.2) is 0 Å². The predicted octanol–water partition coefficient (Wildman–Crippen LogP) is 2.71. The third-order valence-electron chi connectivity index (χ3n) is 2.10. The van der Waals surface area contributed by atoms with E-state index in [-0.39, 0.29) is 0 Å². The lowest BCUT2D eigenvalue weighted by Crippen LogP contribution is -2.44. The molecule has 2 nitrogen and oxygen atoms in total. The monoisotopic (exact) mass is 357 g/mol. The number of hydrogen-bond donors (Lipinski definition) is 1. The minimum atomic E-state index is -4.82. The van der Waals surface area contributed by atoms with Gasteiger partial charge in [0.1, 0.15) is 0 Å². The van der Waals surface area contributed by atoms with Crippen molar-refractivity contribution in [1.29, 1.82) is 0 Å². The normalized spacial score (nSPS) is 13.2. The zero-order valence-corrected chi connectivity index (χ0v) is 11.0. The van der Waals surface area contributed by atoms with Gasteiger partial charge in [-0.3, -0.25) is 4.79 Å². The fraction of sp³-hybridized carbons (Fsp3) is 0.364. The van der Waals surface area contributed by atoms with E-state index in [4.69, 9.17) is 0 Å². The third-order valence-corrected chi connectivity index (χ3v) is 3.17. The Balaban J connectivity index is 2.59. The molecule has 1 aromatic carbocycles. The molecule has 0 aliphatic heterocycles. The van der Waals surface area contributed by atoms with Crippen molar-refractivity contribution >= 4 is 28.5 Å². The van der Waals surface area contributed by atoms with Crippen LogP contribution in [0.2, 0.25) is 0 Å². The Labute approximate surface area is 111 Å². The van der Waals surface area contributed by atoms with E-state index in [0.717, 1.165) is 5.56 Å². The molecule has 1 rings (SSSR count). The molecule has 0 radical (unpaired) electrons. The number of rotatable bonds is 4. The Bertz CT molecular complexity index is 367. The Kier molecular flexibility index (Phi) is 5.23. The maximum absolute atomic E-state index is 12.1. The summed E-state index contributed by atoms with van der Waals surface area (Å²) < 4.78 is 36.6. The predicted molar refractivity (Wildman–Crippen MR) is 67.0 cm³/mol. The number of nitrogens with one attached hydrogen (secondary N) is 1. The zero-order chi connectivity index (χ0) is 12.9. The summed E-state index contributed by atoms with van der Waals surface area (Å²) in [5, 5.41) is 1.98. The van der Waals surface area contributed by atoms with Crippen LogP contribution in [0.25, 0.3) is 0 Å². The van der Waals surface area contributed by atoms with Gasteiger partial charge in [-0.25, -0.2) is 0 Å². The van der Waals surface area contributed by atoms with Crippen molar-refractivity contribution in [3.05, 3.63) is 35.9 Å². The van der Waals surface area contributed by atoms with Gasteiger partial charge in [0, 0.05) is 10.5 Å². The van der Waals surface area contributed by atoms with Crippen LogP contribution >= 0.6 is 22.6 Å². The second kappa shape index (κ2) is 6.23. The molecule has 0 aliphatic carbocycles. The number of benzene rings is 1. The van der Waals surface area contributed by atoms with Gasteiger partial charge in [-0.2, -0.15) is 13.2 Å². The molecule has 0 fully saturated rings. The van der Waals surface area contributed by atoms with Gasteiger partial charge in [-0.1, -0.05) is 52.9 Å². The lowest BCUT2D eigenvalue weighted by Gasteiger charge is -2.17. The summed E-state index contributed by atoms with van der Waals surface area (Å²) in [4.78, 5) is 10.8. The van der Waals surface area contributed by atoms with E-state index < -0.39 is 18.1 Å².